The van der Waals surface area contributed by atoms with Crippen LogP contribution in [0.1, 0.15) is 11.1 Å². The van der Waals surface area contributed by atoms with Gasteiger partial charge in [-0.05, 0) is 17.7 Å². The van der Waals surface area contributed by atoms with E-state index in [1.807, 2.05) is 18.2 Å². The highest BCUT2D eigenvalue weighted by Gasteiger charge is 2.73. The summed E-state index contributed by atoms with van der Waals surface area (Å²) in [4.78, 5) is 1.63. The topological polar surface area (TPSA) is 3.24 Å². The maximum Gasteiger partial charge on any atom is 0.435 e. The lowest BCUT2D eigenvalue weighted by Gasteiger charge is -2.30. The van der Waals surface area contributed by atoms with Crippen molar-refractivity contribution in [3.05, 3.63) is 65.7 Å². The lowest BCUT2D eigenvalue weighted by atomic mass is 9.94. The molecule has 0 bridgehead atoms. The highest BCUT2D eigenvalue weighted by molar-refractivity contribution is 5.48. The molecule has 0 aliphatic heterocycles. The Labute approximate surface area is 139 Å². The van der Waals surface area contributed by atoms with Gasteiger partial charge in [0.05, 0.1) is 0 Å². The first-order valence-electron chi connectivity index (χ1n) is 7.15. The van der Waals surface area contributed by atoms with E-state index >= 15 is 0 Å². The second kappa shape index (κ2) is 6.57. The maximum atomic E-state index is 14.0. The summed E-state index contributed by atoms with van der Waals surface area (Å²) in [6, 6.07) is 12.2. The average molecular weight is 365 g/mol. The van der Waals surface area contributed by atoms with Crippen molar-refractivity contribution < 1.29 is 30.7 Å². The predicted molar refractivity (Wildman–Crippen MR) is 79.9 cm³/mol. The molecule has 1 nitrogen and oxygen atoms in total. The average Bonchev–Trinajstić information content (AvgIpc) is 2.53. The third-order valence-electron chi connectivity index (χ3n) is 3.75. The molecular formula is C17H14F7N. The predicted octanol–water partition coefficient (Wildman–Crippen LogP) is 5.61. The Morgan fingerprint density at radius 2 is 1.20 bits per heavy atom. The fourth-order valence-electron chi connectivity index (χ4n) is 2.38. The van der Waals surface area contributed by atoms with Crippen LogP contribution in [0.3, 0.4) is 0 Å². The standard InChI is InChI=1S/C17H14F7N/c1-25(11-12-5-3-2-4-6-12)14-9-7-13(8-10-14)15(18,16(19,20)21)17(22,23)24/h2-10H,11H2,1H3. The first-order valence-corrected chi connectivity index (χ1v) is 7.15. The molecule has 0 aromatic heterocycles. The zero-order chi connectivity index (χ0) is 18.9. The van der Waals surface area contributed by atoms with Crippen molar-refractivity contribution in [2.45, 2.75) is 24.6 Å². The second-order valence-electron chi connectivity index (χ2n) is 5.54. The molecule has 0 aliphatic carbocycles. The van der Waals surface area contributed by atoms with Gasteiger partial charge >= 0.3 is 18.0 Å². The Hall–Kier alpha value is -2.25. The zero-order valence-electron chi connectivity index (χ0n) is 13.0. The quantitative estimate of drug-likeness (QED) is 0.637. The Morgan fingerprint density at radius 3 is 1.64 bits per heavy atom. The van der Waals surface area contributed by atoms with Gasteiger partial charge in [-0.2, -0.15) is 26.3 Å². The summed E-state index contributed by atoms with van der Waals surface area (Å²) in [6.45, 7) is 0.388. The van der Waals surface area contributed by atoms with Gasteiger partial charge in [0.15, 0.2) is 0 Å². The molecule has 0 atom stereocenters. The van der Waals surface area contributed by atoms with Crippen molar-refractivity contribution in [1.29, 1.82) is 0 Å². The normalized spacial score (nSPS) is 13.0. The molecule has 2 aromatic carbocycles. The monoisotopic (exact) mass is 365 g/mol. The van der Waals surface area contributed by atoms with Crippen LogP contribution in [0.2, 0.25) is 0 Å². The Bertz CT molecular complexity index is 676. The minimum atomic E-state index is -6.11. The highest BCUT2D eigenvalue weighted by Crippen LogP contribution is 2.53. The number of hydrogen-bond donors (Lipinski definition) is 0. The first-order chi connectivity index (χ1) is 11.5. The van der Waals surface area contributed by atoms with Crippen LogP contribution in [-0.2, 0) is 12.2 Å². The van der Waals surface area contributed by atoms with Crippen LogP contribution < -0.4 is 4.90 Å². The third-order valence-corrected chi connectivity index (χ3v) is 3.75. The first kappa shape index (κ1) is 19.1. The van der Waals surface area contributed by atoms with Crippen LogP contribution in [0.5, 0.6) is 0 Å². The Balaban J connectivity index is 2.29. The van der Waals surface area contributed by atoms with Crippen molar-refractivity contribution in [2.24, 2.45) is 0 Å². The van der Waals surface area contributed by atoms with Crippen molar-refractivity contribution >= 4 is 5.69 Å². The summed E-state index contributed by atoms with van der Waals surface area (Å²) < 4.78 is 90.3. The number of hydrogen-bond acceptors (Lipinski definition) is 1. The molecule has 2 aromatic rings. The molecule has 0 spiro atoms. The fraction of sp³-hybridized carbons (Fsp3) is 0.294. The summed E-state index contributed by atoms with van der Waals surface area (Å²) in [6.07, 6.45) is -12.2. The van der Waals surface area contributed by atoms with E-state index in [0.717, 1.165) is 17.7 Å². The number of halogens is 7. The van der Waals surface area contributed by atoms with Gasteiger partial charge in [-0.3, -0.25) is 0 Å². The smallest absolute Gasteiger partial charge is 0.370 e. The van der Waals surface area contributed by atoms with E-state index < -0.39 is 23.6 Å². The van der Waals surface area contributed by atoms with Gasteiger partial charge in [-0.15, -0.1) is 0 Å². The van der Waals surface area contributed by atoms with Gasteiger partial charge < -0.3 is 4.90 Å². The van der Waals surface area contributed by atoms with Crippen LogP contribution in [0.4, 0.5) is 36.4 Å². The molecule has 0 unspecified atom stereocenters. The van der Waals surface area contributed by atoms with E-state index in [9.17, 15) is 30.7 Å². The van der Waals surface area contributed by atoms with E-state index in [4.69, 9.17) is 0 Å². The van der Waals surface area contributed by atoms with Crippen molar-refractivity contribution in [2.75, 3.05) is 11.9 Å². The largest absolute Gasteiger partial charge is 0.435 e. The van der Waals surface area contributed by atoms with Crippen LogP contribution in [-0.4, -0.2) is 19.4 Å². The lowest BCUT2D eigenvalue weighted by molar-refractivity contribution is -0.348. The van der Waals surface area contributed by atoms with Gasteiger partial charge in [0.25, 0.3) is 0 Å². The molecule has 0 heterocycles. The van der Waals surface area contributed by atoms with E-state index in [1.54, 1.807) is 24.1 Å². The van der Waals surface area contributed by atoms with Crippen LogP contribution in [0.15, 0.2) is 54.6 Å². The van der Waals surface area contributed by atoms with Gasteiger partial charge in [-0.25, -0.2) is 4.39 Å². The van der Waals surface area contributed by atoms with Crippen LogP contribution in [0.25, 0.3) is 0 Å². The van der Waals surface area contributed by atoms with Crippen LogP contribution in [0, 0.1) is 0 Å². The van der Waals surface area contributed by atoms with E-state index in [2.05, 4.69) is 0 Å². The van der Waals surface area contributed by atoms with Gasteiger partial charge in [-0.1, -0.05) is 42.5 Å². The zero-order valence-corrected chi connectivity index (χ0v) is 13.0. The van der Waals surface area contributed by atoms with Gasteiger partial charge in [0, 0.05) is 24.8 Å². The van der Waals surface area contributed by atoms with E-state index in [0.29, 0.717) is 24.4 Å². The molecule has 0 saturated heterocycles. The minimum absolute atomic E-state index is 0.360. The molecule has 136 valence electrons. The fourth-order valence-corrected chi connectivity index (χ4v) is 2.38. The molecule has 25 heavy (non-hydrogen) atoms. The third kappa shape index (κ3) is 3.72. The van der Waals surface area contributed by atoms with Crippen molar-refractivity contribution in [1.82, 2.24) is 0 Å². The summed E-state index contributed by atoms with van der Waals surface area (Å²) in [5.41, 5.74) is -5.64. The molecule has 0 amide bonds. The van der Waals surface area contributed by atoms with Crippen molar-refractivity contribution in [3.8, 4) is 0 Å². The Kier molecular flexibility index (Phi) is 5.02. The lowest BCUT2D eigenvalue weighted by Crippen LogP contribution is -2.50. The summed E-state index contributed by atoms with van der Waals surface area (Å²) in [5, 5.41) is 0. The molecule has 0 N–H and O–H groups in total. The highest BCUT2D eigenvalue weighted by atomic mass is 19.4. The molecule has 0 radical (unpaired) electrons. The number of benzene rings is 2. The second-order valence-corrected chi connectivity index (χ2v) is 5.54. The van der Waals surface area contributed by atoms with Crippen LogP contribution >= 0.6 is 0 Å². The molecule has 0 aliphatic rings. The summed E-state index contributed by atoms with van der Waals surface area (Å²) in [7, 11) is 1.62. The molecule has 0 fully saturated rings. The summed E-state index contributed by atoms with van der Waals surface area (Å²) in [5.74, 6) is 0. The maximum absolute atomic E-state index is 14.0. The molecule has 8 heteroatoms. The molecule has 2 rings (SSSR count). The number of rotatable bonds is 4. The Morgan fingerprint density at radius 1 is 0.720 bits per heavy atom. The SMILES string of the molecule is CN(Cc1ccccc1)c1ccc(C(F)(C(F)(F)F)C(F)(F)F)cc1. The molecular weight excluding hydrogens is 351 g/mol. The molecule has 0 saturated carbocycles. The number of nitrogens with zero attached hydrogens (tertiary/aromatic N) is 1. The minimum Gasteiger partial charge on any atom is -0.370 e. The summed E-state index contributed by atoms with van der Waals surface area (Å²) >= 11 is 0. The number of anilines is 1. The number of alkyl halides is 7. The van der Waals surface area contributed by atoms with Gasteiger partial charge in [0.2, 0.25) is 0 Å². The van der Waals surface area contributed by atoms with E-state index in [1.165, 1.54) is 0 Å². The van der Waals surface area contributed by atoms with E-state index in [-0.39, 0.29) is 0 Å². The van der Waals surface area contributed by atoms with Gasteiger partial charge in [0.1, 0.15) is 0 Å². The van der Waals surface area contributed by atoms with Crippen molar-refractivity contribution in [3.63, 3.8) is 0 Å².